The van der Waals surface area contributed by atoms with Gasteiger partial charge in [-0.3, -0.25) is 9.48 Å². The highest BCUT2D eigenvalue weighted by Crippen LogP contribution is 2.45. The fraction of sp³-hybridized carbons (Fsp3) is 0.364. The molecule has 5 rings (SSSR count). The number of anilines is 1. The number of pyridine rings is 2. The van der Waals surface area contributed by atoms with Crippen molar-refractivity contribution in [1.29, 1.82) is 0 Å². The number of hydrogen-bond donors (Lipinski definition) is 2. The van der Waals surface area contributed by atoms with E-state index in [1.54, 1.807) is 23.0 Å². The second-order valence-corrected chi connectivity index (χ2v) is 8.39. The van der Waals surface area contributed by atoms with Gasteiger partial charge in [0.25, 0.3) is 5.91 Å². The molecule has 3 aromatic rings. The first-order valence-corrected chi connectivity index (χ1v) is 10.2. The zero-order chi connectivity index (χ0) is 21.6. The van der Waals surface area contributed by atoms with Crippen LogP contribution in [0.1, 0.15) is 35.9 Å². The van der Waals surface area contributed by atoms with Gasteiger partial charge in [-0.25, -0.2) is 9.97 Å². The predicted octanol–water partition coefficient (Wildman–Crippen LogP) is 2.33. The van der Waals surface area contributed by atoms with Gasteiger partial charge < -0.3 is 20.1 Å². The van der Waals surface area contributed by atoms with Gasteiger partial charge in [0.1, 0.15) is 17.5 Å². The monoisotopic (exact) mass is 420 g/mol. The zero-order valence-corrected chi connectivity index (χ0v) is 17.6. The van der Waals surface area contributed by atoms with Crippen molar-refractivity contribution in [3.63, 3.8) is 0 Å². The molecule has 31 heavy (non-hydrogen) atoms. The maximum atomic E-state index is 12.9. The number of rotatable bonds is 5. The van der Waals surface area contributed by atoms with Gasteiger partial charge >= 0.3 is 0 Å². The Bertz CT molecular complexity index is 1140. The fourth-order valence-electron chi connectivity index (χ4n) is 3.74. The fourth-order valence-corrected chi connectivity index (χ4v) is 3.74. The van der Waals surface area contributed by atoms with E-state index in [-0.39, 0.29) is 18.1 Å². The molecule has 9 nitrogen and oxygen atoms in total. The van der Waals surface area contributed by atoms with Gasteiger partial charge in [0, 0.05) is 43.7 Å². The number of carbonyl (C=O) groups is 1. The van der Waals surface area contributed by atoms with Crippen molar-refractivity contribution in [2.75, 3.05) is 18.4 Å². The Labute approximate surface area is 179 Å². The third-order valence-corrected chi connectivity index (χ3v) is 5.48. The van der Waals surface area contributed by atoms with Crippen LogP contribution in [-0.4, -0.2) is 50.5 Å². The summed E-state index contributed by atoms with van der Waals surface area (Å²) in [6.07, 6.45) is 4.97. The molecule has 0 spiro atoms. The lowest BCUT2D eigenvalue weighted by Gasteiger charge is -2.34. The number of nitrogens with zero attached hydrogens (tertiary/aromatic N) is 4. The van der Waals surface area contributed by atoms with Gasteiger partial charge in [-0.2, -0.15) is 5.10 Å². The SMILES string of the molecule is Cn1cc(-c2cccc(NC(=O)c3cnc4c(c3)C(OC3CNC3)C(C)(C)O4)n2)cn1. The molecule has 1 fully saturated rings. The molecule has 2 N–H and O–H groups in total. The highest BCUT2D eigenvalue weighted by atomic mass is 16.6. The molecule has 1 saturated heterocycles. The van der Waals surface area contributed by atoms with Crippen LogP contribution in [-0.2, 0) is 11.8 Å². The van der Waals surface area contributed by atoms with E-state index in [4.69, 9.17) is 9.47 Å². The molecule has 0 aliphatic carbocycles. The van der Waals surface area contributed by atoms with E-state index in [1.807, 2.05) is 39.2 Å². The van der Waals surface area contributed by atoms with Crippen molar-refractivity contribution in [3.05, 3.63) is 54.0 Å². The maximum absolute atomic E-state index is 12.9. The Kier molecular flexibility index (Phi) is 4.71. The van der Waals surface area contributed by atoms with Crippen molar-refractivity contribution in [2.24, 2.45) is 7.05 Å². The lowest BCUT2D eigenvalue weighted by molar-refractivity contribution is -0.103. The first-order valence-electron chi connectivity index (χ1n) is 10.2. The summed E-state index contributed by atoms with van der Waals surface area (Å²) in [5.41, 5.74) is 2.27. The summed E-state index contributed by atoms with van der Waals surface area (Å²) in [6, 6.07) is 7.27. The summed E-state index contributed by atoms with van der Waals surface area (Å²) in [7, 11) is 1.85. The second kappa shape index (κ2) is 7.44. The van der Waals surface area contributed by atoms with Gasteiger partial charge in [-0.15, -0.1) is 0 Å². The molecule has 160 valence electrons. The van der Waals surface area contributed by atoms with Crippen molar-refractivity contribution in [1.82, 2.24) is 25.1 Å². The first-order chi connectivity index (χ1) is 14.9. The summed E-state index contributed by atoms with van der Waals surface area (Å²) in [5.74, 6) is 0.673. The normalized spacial score (nSPS) is 19.4. The van der Waals surface area contributed by atoms with Crippen molar-refractivity contribution < 1.29 is 14.3 Å². The number of aryl methyl sites for hydroxylation is 1. The van der Waals surface area contributed by atoms with E-state index in [0.29, 0.717) is 17.3 Å². The quantitative estimate of drug-likeness (QED) is 0.653. The number of hydrogen-bond acceptors (Lipinski definition) is 7. The molecular formula is C22H24N6O3. The van der Waals surface area contributed by atoms with Crippen LogP contribution in [0, 0.1) is 0 Å². The summed E-state index contributed by atoms with van der Waals surface area (Å²) < 4.78 is 13.9. The van der Waals surface area contributed by atoms with E-state index in [2.05, 4.69) is 25.7 Å². The van der Waals surface area contributed by atoms with Gasteiger partial charge in [0.2, 0.25) is 5.88 Å². The summed E-state index contributed by atoms with van der Waals surface area (Å²) in [6.45, 7) is 5.57. The molecule has 5 heterocycles. The highest BCUT2D eigenvalue weighted by molar-refractivity contribution is 6.03. The molecule has 2 aliphatic heterocycles. The summed E-state index contributed by atoms with van der Waals surface area (Å²) >= 11 is 0. The molecule has 9 heteroatoms. The van der Waals surface area contributed by atoms with Crippen LogP contribution < -0.4 is 15.4 Å². The van der Waals surface area contributed by atoms with Gasteiger partial charge in [-0.1, -0.05) is 6.07 Å². The second-order valence-electron chi connectivity index (χ2n) is 8.39. The molecule has 1 atom stereocenters. The van der Waals surface area contributed by atoms with Crippen LogP contribution in [0.2, 0.25) is 0 Å². The topological polar surface area (TPSA) is 103 Å². The lowest BCUT2D eigenvalue weighted by Crippen LogP contribution is -2.50. The number of aromatic nitrogens is 4. The van der Waals surface area contributed by atoms with Crippen LogP contribution >= 0.6 is 0 Å². The van der Waals surface area contributed by atoms with Crippen LogP contribution in [0.3, 0.4) is 0 Å². The van der Waals surface area contributed by atoms with Crippen LogP contribution in [0.25, 0.3) is 11.3 Å². The molecular weight excluding hydrogens is 396 g/mol. The number of amides is 1. The molecule has 3 aromatic heterocycles. The minimum absolute atomic E-state index is 0.135. The Balaban J connectivity index is 1.37. The number of carbonyl (C=O) groups excluding carboxylic acids is 1. The molecule has 0 saturated carbocycles. The lowest BCUT2D eigenvalue weighted by atomic mass is 9.96. The number of nitrogens with one attached hydrogen (secondary N) is 2. The van der Waals surface area contributed by atoms with Crippen LogP contribution in [0.15, 0.2) is 42.9 Å². The minimum Gasteiger partial charge on any atom is -0.468 e. The van der Waals surface area contributed by atoms with E-state index < -0.39 is 5.60 Å². The standard InChI is InChI=1S/C22H24N6O3/c1-22(2)19(30-15-10-23-11-15)16-7-13(8-24-21(16)31-22)20(29)27-18-6-4-5-17(26-18)14-9-25-28(3)12-14/h4-9,12,15,19,23H,10-11H2,1-3H3,(H,26,27,29). The number of fused-ring (bicyclic) bond motifs is 1. The zero-order valence-electron chi connectivity index (χ0n) is 17.6. The van der Waals surface area contributed by atoms with Crippen molar-refractivity contribution in [2.45, 2.75) is 31.7 Å². The van der Waals surface area contributed by atoms with Gasteiger partial charge in [-0.05, 0) is 32.0 Å². The van der Waals surface area contributed by atoms with E-state index in [9.17, 15) is 4.79 Å². The Morgan fingerprint density at radius 3 is 2.87 bits per heavy atom. The molecule has 1 amide bonds. The third kappa shape index (κ3) is 3.77. The summed E-state index contributed by atoms with van der Waals surface area (Å²) in [5, 5.41) is 10.2. The van der Waals surface area contributed by atoms with Crippen molar-refractivity contribution >= 4 is 11.7 Å². The molecule has 1 unspecified atom stereocenters. The van der Waals surface area contributed by atoms with Crippen LogP contribution in [0.5, 0.6) is 5.88 Å². The van der Waals surface area contributed by atoms with E-state index >= 15 is 0 Å². The third-order valence-electron chi connectivity index (χ3n) is 5.48. The minimum atomic E-state index is -0.556. The summed E-state index contributed by atoms with van der Waals surface area (Å²) in [4.78, 5) is 21.8. The number of ether oxygens (including phenoxy) is 2. The Morgan fingerprint density at radius 1 is 1.32 bits per heavy atom. The Hall–Kier alpha value is -3.30. The molecule has 0 bridgehead atoms. The molecule has 2 aliphatic rings. The average molecular weight is 420 g/mol. The average Bonchev–Trinajstić information content (AvgIpc) is 3.24. The Morgan fingerprint density at radius 2 is 2.16 bits per heavy atom. The molecule has 0 radical (unpaired) electrons. The largest absolute Gasteiger partial charge is 0.468 e. The van der Waals surface area contributed by atoms with Crippen LogP contribution in [0.4, 0.5) is 5.82 Å². The smallest absolute Gasteiger partial charge is 0.258 e. The maximum Gasteiger partial charge on any atom is 0.258 e. The van der Waals surface area contributed by atoms with Gasteiger partial charge in [0.05, 0.1) is 23.6 Å². The first kappa shape index (κ1) is 19.7. The van der Waals surface area contributed by atoms with Crippen molar-refractivity contribution in [3.8, 4) is 17.1 Å². The highest BCUT2D eigenvalue weighted by Gasteiger charge is 2.45. The predicted molar refractivity (Wildman–Crippen MR) is 114 cm³/mol. The molecule has 0 aromatic carbocycles. The van der Waals surface area contributed by atoms with E-state index in [1.165, 1.54) is 6.20 Å². The van der Waals surface area contributed by atoms with Gasteiger partial charge in [0.15, 0.2) is 0 Å². The van der Waals surface area contributed by atoms with E-state index in [0.717, 1.165) is 29.9 Å².